The molecule has 0 fully saturated rings. The number of nitrogens with one attached hydrogen (secondary N) is 2. The molecule has 2 N–H and O–H groups in total. The first kappa shape index (κ1) is 18.4. The number of pyridine rings is 1. The van der Waals surface area contributed by atoms with E-state index in [0.717, 1.165) is 11.3 Å². The maximum atomic E-state index is 13.3. The van der Waals surface area contributed by atoms with E-state index in [1.807, 2.05) is 24.3 Å². The van der Waals surface area contributed by atoms with Crippen molar-refractivity contribution < 1.29 is 13.9 Å². The Morgan fingerprint density at radius 1 is 1.07 bits per heavy atom. The van der Waals surface area contributed by atoms with Crippen molar-refractivity contribution in [1.82, 2.24) is 10.3 Å². The molecule has 3 rings (SSSR count). The Bertz CT molecular complexity index is 913. The van der Waals surface area contributed by atoms with Crippen LogP contribution < -0.4 is 15.4 Å². The average molecular weight is 365 g/mol. The van der Waals surface area contributed by atoms with Crippen molar-refractivity contribution in [2.45, 2.75) is 6.42 Å². The Morgan fingerprint density at radius 3 is 2.63 bits per heavy atom. The van der Waals surface area contributed by atoms with Crippen molar-refractivity contribution in [2.24, 2.45) is 0 Å². The van der Waals surface area contributed by atoms with Gasteiger partial charge in [0.2, 0.25) is 0 Å². The van der Waals surface area contributed by atoms with Gasteiger partial charge in [0, 0.05) is 18.4 Å². The van der Waals surface area contributed by atoms with E-state index >= 15 is 0 Å². The molecule has 0 aliphatic carbocycles. The van der Waals surface area contributed by atoms with E-state index in [9.17, 15) is 9.18 Å². The second-order valence-electron chi connectivity index (χ2n) is 5.95. The van der Waals surface area contributed by atoms with Crippen LogP contribution in [0.2, 0.25) is 0 Å². The maximum absolute atomic E-state index is 13.3. The number of hydrogen-bond acceptors (Lipinski definition) is 4. The molecule has 0 aliphatic rings. The minimum atomic E-state index is -0.333. The molecule has 27 heavy (non-hydrogen) atoms. The smallest absolute Gasteiger partial charge is 0.252 e. The summed E-state index contributed by atoms with van der Waals surface area (Å²) in [6.45, 7) is 0.507. The van der Waals surface area contributed by atoms with Crippen molar-refractivity contribution in [3.8, 4) is 5.75 Å². The fourth-order valence-electron chi connectivity index (χ4n) is 2.58. The molecule has 0 saturated carbocycles. The number of amides is 1. The largest absolute Gasteiger partial charge is 0.497 e. The van der Waals surface area contributed by atoms with Crippen molar-refractivity contribution in [3.63, 3.8) is 0 Å². The first-order valence-corrected chi connectivity index (χ1v) is 8.53. The van der Waals surface area contributed by atoms with Gasteiger partial charge >= 0.3 is 0 Å². The predicted molar refractivity (Wildman–Crippen MR) is 103 cm³/mol. The number of carbonyl (C=O) groups excluding carboxylic acids is 1. The second-order valence-corrected chi connectivity index (χ2v) is 5.95. The number of nitrogens with zero attached hydrogens (tertiary/aromatic N) is 1. The molecule has 0 saturated heterocycles. The number of methoxy groups -OCH3 is 1. The van der Waals surface area contributed by atoms with Gasteiger partial charge in [0.1, 0.15) is 11.6 Å². The van der Waals surface area contributed by atoms with Gasteiger partial charge in [0.25, 0.3) is 5.91 Å². The van der Waals surface area contributed by atoms with E-state index in [4.69, 9.17) is 4.74 Å². The van der Waals surface area contributed by atoms with E-state index in [-0.39, 0.29) is 11.7 Å². The highest BCUT2D eigenvalue weighted by atomic mass is 19.1. The van der Waals surface area contributed by atoms with Gasteiger partial charge in [-0.2, -0.15) is 0 Å². The first-order valence-electron chi connectivity index (χ1n) is 8.53. The maximum Gasteiger partial charge on any atom is 0.252 e. The summed E-state index contributed by atoms with van der Waals surface area (Å²) in [4.78, 5) is 16.4. The normalized spacial score (nSPS) is 10.3. The van der Waals surface area contributed by atoms with Crippen molar-refractivity contribution in [3.05, 3.63) is 83.9 Å². The highest BCUT2D eigenvalue weighted by Gasteiger charge is 2.07. The molecule has 1 heterocycles. The van der Waals surface area contributed by atoms with E-state index in [2.05, 4.69) is 15.6 Å². The molecule has 0 aliphatic heterocycles. The van der Waals surface area contributed by atoms with Gasteiger partial charge in [0.05, 0.1) is 24.6 Å². The van der Waals surface area contributed by atoms with Crippen LogP contribution in [0.25, 0.3) is 0 Å². The SMILES string of the molecule is COc1ccc(CCNC(=O)c2cncc(Nc3cccc(F)c3)c2)cc1. The molecule has 138 valence electrons. The lowest BCUT2D eigenvalue weighted by molar-refractivity contribution is 0.0954. The number of halogens is 1. The van der Waals surface area contributed by atoms with E-state index < -0.39 is 0 Å². The van der Waals surface area contributed by atoms with E-state index in [1.165, 1.54) is 18.3 Å². The van der Waals surface area contributed by atoms with Crippen LogP contribution in [0, 0.1) is 5.82 Å². The van der Waals surface area contributed by atoms with Crippen molar-refractivity contribution in [2.75, 3.05) is 19.0 Å². The molecule has 1 aromatic heterocycles. The molecule has 0 atom stereocenters. The van der Waals surface area contributed by atoms with Gasteiger partial charge in [-0.25, -0.2) is 4.39 Å². The lowest BCUT2D eigenvalue weighted by Gasteiger charge is -2.09. The summed E-state index contributed by atoms with van der Waals surface area (Å²) in [5, 5.41) is 5.92. The number of benzene rings is 2. The van der Waals surface area contributed by atoms with Gasteiger partial charge < -0.3 is 15.4 Å². The lowest BCUT2D eigenvalue weighted by Crippen LogP contribution is -2.25. The Kier molecular flexibility index (Phi) is 5.99. The van der Waals surface area contributed by atoms with Crippen LogP contribution in [0.5, 0.6) is 5.75 Å². The van der Waals surface area contributed by atoms with Gasteiger partial charge in [0.15, 0.2) is 0 Å². The summed E-state index contributed by atoms with van der Waals surface area (Å²) in [5.41, 5.74) is 2.75. The lowest BCUT2D eigenvalue weighted by atomic mass is 10.1. The van der Waals surface area contributed by atoms with Crippen LogP contribution in [0.4, 0.5) is 15.8 Å². The fraction of sp³-hybridized carbons (Fsp3) is 0.143. The minimum Gasteiger partial charge on any atom is -0.497 e. The summed E-state index contributed by atoms with van der Waals surface area (Å²) in [6.07, 6.45) is 3.79. The average Bonchev–Trinajstić information content (AvgIpc) is 2.69. The predicted octanol–water partition coefficient (Wildman–Crippen LogP) is 3.95. The second kappa shape index (κ2) is 8.80. The van der Waals surface area contributed by atoms with Crippen LogP contribution in [-0.4, -0.2) is 24.5 Å². The summed E-state index contributed by atoms with van der Waals surface area (Å²) < 4.78 is 18.4. The number of ether oxygens (including phenoxy) is 1. The Labute approximate surface area is 157 Å². The Hall–Kier alpha value is -3.41. The molecule has 1 amide bonds. The molecule has 2 aromatic carbocycles. The zero-order valence-electron chi connectivity index (χ0n) is 14.9. The van der Waals surface area contributed by atoms with Crippen molar-refractivity contribution >= 4 is 17.3 Å². The van der Waals surface area contributed by atoms with Crippen molar-refractivity contribution in [1.29, 1.82) is 0 Å². The molecule has 3 aromatic rings. The van der Waals surface area contributed by atoms with Crippen LogP contribution >= 0.6 is 0 Å². The summed E-state index contributed by atoms with van der Waals surface area (Å²) >= 11 is 0. The summed E-state index contributed by atoms with van der Waals surface area (Å²) in [5.74, 6) is 0.260. The molecule has 0 bridgehead atoms. The van der Waals surface area contributed by atoms with E-state index in [0.29, 0.717) is 29.9 Å². The fourth-order valence-corrected chi connectivity index (χ4v) is 2.58. The van der Waals surface area contributed by atoms with Gasteiger partial charge in [-0.1, -0.05) is 18.2 Å². The zero-order chi connectivity index (χ0) is 19.1. The highest BCUT2D eigenvalue weighted by Crippen LogP contribution is 2.17. The molecule has 0 spiro atoms. The summed E-state index contributed by atoms with van der Waals surface area (Å²) in [6, 6.07) is 15.5. The molecular formula is C21H20FN3O2. The van der Waals surface area contributed by atoms with Crippen LogP contribution in [-0.2, 0) is 6.42 Å². The third-order valence-corrected chi connectivity index (χ3v) is 3.97. The summed E-state index contributed by atoms with van der Waals surface area (Å²) in [7, 11) is 1.63. The molecule has 5 nitrogen and oxygen atoms in total. The van der Waals surface area contributed by atoms with Crippen LogP contribution in [0.1, 0.15) is 15.9 Å². The monoisotopic (exact) mass is 365 g/mol. The molecule has 6 heteroatoms. The van der Waals surface area contributed by atoms with Gasteiger partial charge in [-0.05, 0) is 48.4 Å². The van der Waals surface area contributed by atoms with Gasteiger partial charge in [-0.3, -0.25) is 9.78 Å². The van der Waals surface area contributed by atoms with Gasteiger partial charge in [-0.15, -0.1) is 0 Å². The topological polar surface area (TPSA) is 63.2 Å². The third-order valence-electron chi connectivity index (χ3n) is 3.97. The number of anilines is 2. The Morgan fingerprint density at radius 2 is 1.89 bits per heavy atom. The van der Waals surface area contributed by atoms with Crippen LogP contribution in [0.15, 0.2) is 67.0 Å². The highest BCUT2D eigenvalue weighted by molar-refractivity contribution is 5.94. The third kappa shape index (κ3) is 5.28. The molecular weight excluding hydrogens is 345 g/mol. The standard InChI is InChI=1S/C21H20FN3O2/c1-27-20-7-5-15(6-8-20)9-10-24-21(26)16-11-19(14-23-13-16)25-18-4-2-3-17(22)12-18/h2-8,11-14,25H,9-10H2,1H3,(H,24,26). The zero-order valence-corrected chi connectivity index (χ0v) is 14.9. The van der Waals surface area contributed by atoms with E-state index in [1.54, 1.807) is 31.5 Å². The number of rotatable bonds is 7. The molecule has 0 unspecified atom stereocenters. The van der Waals surface area contributed by atoms with Crippen LogP contribution in [0.3, 0.4) is 0 Å². The Balaban J connectivity index is 1.56. The number of aromatic nitrogens is 1. The number of carbonyl (C=O) groups is 1. The number of hydrogen-bond donors (Lipinski definition) is 2. The minimum absolute atomic E-state index is 0.209. The molecule has 0 radical (unpaired) electrons. The first-order chi connectivity index (χ1) is 13.1. The quantitative estimate of drug-likeness (QED) is 0.666.